The van der Waals surface area contributed by atoms with Gasteiger partial charge in [0.05, 0.1) is 0 Å². The molecule has 0 amide bonds. The van der Waals surface area contributed by atoms with Crippen LogP contribution in [-0.4, -0.2) is 10.5 Å². The lowest BCUT2D eigenvalue weighted by Gasteiger charge is -2.30. The highest BCUT2D eigenvalue weighted by molar-refractivity contribution is 5.85. The Morgan fingerprint density at radius 2 is 2.06 bits per heavy atom. The first kappa shape index (κ1) is 10.8. The van der Waals surface area contributed by atoms with Crippen LogP contribution in [0.3, 0.4) is 0 Å². The van der Waals surface area contributed by atoms with Gasteiger partial charge in [-0.2, -0.15) is 0 Å². The number of rotatable bonds is 2. The van der Waals surface area contributed by atoms with Crippen LogP contribution in [0.4, 0.5) is 4.39 Å². The lowest BCUT2D eigenvalue weighted by atomic mass is 9.79. The zero-order valence-corrected chi connectivity index (χ0v) is 10.2. The van der Waals surface area contributed by atoms with Crippen molar-refractivity contribution in [2.24, 2.45) is 5.73 Å². The highest BCUT2D eigenvalue weighted by Gasteiger charge is 2.54. The van der Waals surface area contributed by atoms with E-state index in [2.05, 4.69) is 4.98 Å². The van der Waals surface area contributed by atoms with Crippen molar-refractivity contribution in [3.8, 4) is 0 Å². The minimum absolute atomic E-state index is 0.0621. The molecule has 3 N–H and O–H groups in total. The summed E-state index contributed by atoms with van der Waals surface area (Å²) in [7, 11) is 0. The number of halogens is 1. The maximum Gasteiger partial charge on any atom is 0.132 e. The van der Waals surface area contributed by atoms with Gasteiger partial charge in [0.15, 0.2) is 0 Å². The second-order valence-corrected chi connectivity index (χ2v) is 5.67. The first-order chi connectivity index (χ1) is 7.96. The van der Waals surface area contributed by atoms with E-state index >= 15 is 0 Å². The number of fused-ring (bicyclic) bond motifs is 1. The molecule has 2 nitrogen and oxygen atoms in total. The smallest absolute Gasteiger partial charge is 0.132 e. The largest absolute Gasteiger partial charge is 0.361 e. The fourth-order valence-corrected chi connectivity index (χ4v) is 2.90. The first-order valence-electron chi connectivity index (χ1n) is 6.01. The average molecular weight is 232 g/mol. The van der Waals surface area contributed by atoms with Crippen LogP contribution in [-0.2, 0) is 5.41 Å². The molecule has 0 aliphatic heterocycles. The van der Waals surface area contributed by atoms with Gasteiger partial charge in [-0.1, -0.05) is 6.07 Å². The lowest BCUT2D eigenvalue weighted by molar-refractivity contribution is 0.393. The van der Waals surface area contributed by atoms with Crippen molar-refractivity contribution >= 4 is 10.9 Å². The fraction of sp³-hybridized carbons (Fsp3) is 0.429. The Balaban J connectivity index is 2.26. The van der Waals surface area contributed by atoms with Crippen LogP contribution in [0.1, 0.15) is 32.3 Å². The normalized spacial score (nSPS) is 18.6. The summed E-state index contributed by atoms with van der Waals surface area (Å²) in [6, 6.07) is 5.14. The Morgan fingerprint density at radius 1 is 1.35 bits per heavy atom. The number of hydrogen-bond donors (Lipinski definition) is 2. The summed E-state index contributed by atoms with van der Waals surface area (Å²) in [6.45, 7) is 4.05. The average Bonchev–Trinajstić information content (AvgIpc) is 2.94. The van der Waals surface area contributed by atoms with Crippen molar-refractivity contribution in [1.29, 1.82) is 0 Å². The monoisotopic (exact) mass is 232 g/mol. The summed E-state index contributed by atoms with van der Waals surface area (Å²) < 4.78 is 14.0. The third-order valence-corrected chi connectivity index (χ3v) is 4.15. The molecular formula is C14H17FN2. The number of aromatic nitrogens is 1. The molecule has 1 fully saturated rings. The first-order valence-corrected chi connectivity index (χ1v) is 6.01. The Bertz CT molecular complexity index is 573. The Kier molecular flexibility index (Phi) is 1.97. The van der Waals surface area contributed by atoms with Crippen LogP contribution in [0.25, 0.3) is 10.9 Å². The Hall–Kier alpha value is -1.35. The molecule has 1 saturated carbocycles. The number of aromatic amines is 1. The summed E-state index contributed by atoms with van der Waals surface area (Å²) in [4.78, 5) is 3.15. The van der Waals surface area contributed by atoms with Crippen molar-refractivity contribution < 1.29 is 4.39 Å². The van der Waals surface area contributed by atoms with Gasteiger partial charge < -0.3 is 10.7 Å². The van der Waals surface area contributed by atoms with Crippen LogP contribution >= 0.6 is 0 Å². The number of nitrogens with one attached hydrogen (secondary N) is 1. The van der Waals surface area contributed by atoms with Crippen LogP contribution < -0.4 is 5.73 Å². The third kappa shape index (κ3) is 1.35. The van der Waals surface area contributed by atoms with Gasteiger partial charge in [-0.25, -0.2) is 4.39 Å². The molecule has 1 aliphatic carbocycles. The van der Waals surface area contributed by atoms with Crippen molar-refractivity contribution in [3.63, 3.8) is 0 Å². The molecule has 0 bridgehead atoms. The predicted molar refractivity (Wildman–Crippen MR) is 67.4 cm³/mol. The maximum absolute atomic E-state index is 14.0. The SMILES string of the molecule is CC(C)(N)C1(c2c[nH]c3cccc(F)c23)CC1. The highest BCUT2D eigenvalue weighted by atomic mass is 19.1. The summed E-state index contributed by atoms with van der Waals surface area (Å²) in [6.07, 6.45) is 4.00. The van der Waals surface area contributed by atoms with Crippen LogP contribution in [0.15, 0.2) is 24.4 Å². The standard InChI is InChI=1S/C14H17FN2/c1-13(2,16)14(6-7-14)9-8-17-11-5-3-4-10(15)12(9)11/h3-5,8,17H,6-7,16H2,1-2H3. The molecule has 2 aromatic rings. The van der Waals surface area contributed by atoms with Gasteiger partial charge in [0.1, 0.15) is 5.82 Å². The molecule has 1 aromatic carbocycles. The fourth-order valence-electron chi connectivity index (χ4n) is 2.90. The van der Waals surface area contributed by atoms with Gasteiger partial charge in [-0.15, -0.1) is 0 Å². The van der Waals surface area contributed by atoms with Gasteiger partial charge in [-0.05, 0) is 44.4 Å². The maximum atomic E-state index is 14.0. The van der Waals surface area contributed by atoms with E-state index < -0.39 is 0 Å². The number of nitrogens with two attached hydrogens (primary N) is 1. The summed E-state index contributed by atoms with van der Waals surface area (Å²) in [5.41, 5.74) is 7.79. The van der Waals surface area contributed by atoms with Crippen LogP contribution in [0, 0.1) is 5.82 Å². The number of benzene rings is 1. The number of H-pyrrole nitrogens is 1. The molecule has 1 aromatic heterocycles. The van der Waals surface area contributed by atoms with Gasteiger partial charge in [-0.3, -0.25) is 0 Å². The zero-order valence-electron chi connectivity index (χ0n) is 10.2. The highest BCUT2D eigenvalue weighted by Crippen LogP contribution is 2.56. The molecule has 0 spiro atoms. The summed E-state index contributed by atoms with van der Waals surface area (Å²) in [5.74, 6) is -0.158. The van der Waals surface area contributed by atoms with Crippen molar-refractivity contribution in [2.75, 3.05) is 0 Å². The molecular weight excluding hydrogens is 215 g/mol. The van der Waals surface area contributed by atoms with E-state index in [1.807, 2.05) is 26.1 Å². The molecule has 90 valence electrons. The van der Waals surface area contributed by atoms with E-state index in [0.717, 1.165) is 23.9 Å². The molecule has 3 heteroatoms. The van der Waals surface area contributed by atoms with Gasteiger partial charge in [0, 0.05) is 28.1 Å². The molecule has 0 atom stereocenters. The van der Waals surface area contributed by atoms with Crippen molar-refractivity contribution in [2.45, 2.75) is 37.6 Å². The summed E-state index contributed by atoms with van der Waals surface area (Å²) in [5, 5.41) is 0.712. The van der Waals surface area contributed by atoms with Crippen molar-refractivity contribution in [3.05, 3.63) is 35.8 Å². The van der Waals surface area contributed by atoms with Crippen LogP contribution in [0.2, 0.25) is 0 Å². The lowest BCUT2D eigenvalue weighted by Crippen LogP contribution is -2.45. The second kappa shape index (κ2) is 3.10. The molecule has 1 aliphatic rings. The minimum Gasteiger partial charge on any atom is -0.361 e. The molecule has 0 radical (unpaired) electrons. The van der Waals surface area contributed by atoms with Gasteiger partial charge in [0.25, 0.3) is 0 Å². The molecule has 1 heterocycles. The Labute approximate surface area is 100 Å². The van der Waals surface area contributed by atoms with E-state index in [0.29, 0.717) is 5.39 Å². The molecule has 3 rings (SSSR count). The minimum atomic E-state index is -0.315. The van der Waals surface area contributed by atoms with E-state index in [9.17, 15) is 4.39 Å². The zero-order chi connectivity index (χ0) is 12.3. The van der Waals surface area contributed by atoms with Crippen molar-refractivity contribution in [1.82, 2.24) is 4.98 Å². The molecule has 17 heavy (non-hydrogen) atoms. The quantitative estimate of drug-likeness (QED) is 0.821. The topological polar surface area (TPSA) is 41.8 Å². The van der Waals surface area contributed by atoms with E-state index in [1.54, 1.807) is 6.07 Å². The van der Waals surface area contributed by atoms with Crippen LogP contribution in [0.5, 0.6) is 0 Å². The predicted octanol–water partition coefficient (Wildman–Crippen LogP) is 3.08. The second-order valence-electron chi connectivity index (χ2n) is 5.67. The van der Waals surface area contributed by atoms with Gasteiger partial charge >= 0.3 is 0 Å². The number of hydrogen-bond acceptors (Lipinski definition) is 1. The molecule has 0 saturated heterocycles. The van der Waals surface area contributed by atoms with E-state index in [-0.39, 0.29) is 16.8 Å². The Morgan fingerprint density at radius 3 is 2.65 bits per heavy atom. The van der Waals surface area contributed by atoms with E-state index in [4.69, 9.17) is 5.73 Å². The van der Waals surface area contributed by atoms with Gasteiger partial charge in [0.2, 0.25) is 0 Å². The van der Waals surface area contributed by atoms with E-state index in [1.165, 1.54) is 6.07 Å². The molecule has 0 unspecified atom stereocenters. The summed E-state index contributed by atoms with van der Waals surface area (Å²) >= 11 is 0. The third-order valence-electron chi connectivity index (χ3n) is 4.15.